The number of nitrogens with two attached hydrogens (primary N) is 1. The van der Waals surface area contributed by atoms with E-state index in [-0.39, 0.29) is 5.82 Å². The Morgan fingerprint density at radius 3 is 2.70 bits per heavy atom. The van der Waals surface area contributed by atoms with Crippen molar-refractivity contribution in [2.45, 2.75) is 20.0 Å². The number of nitrogens with zero attached hydrogens (tertiary/aromatic N) is 1. The van der Waals surface area contributed by atoms with Crippen LogP contribution in [0.4, 0.5) is 4.39 Å². The molecule has 0 saturated heterocycles. The van der Waals surface area contributed by atoms with Crippen molar-refractivity contribution in [1.82, 2.24) is 4.57 Å². The SMILES string of the molecule is Cc1cc(CN)ccc1Cn1ccc2ccc(F)cc21. The van der Waals surface area contributed by atoms with Crippen LogP contribution in [0.15, 0.2) is 48.7 Å². The first kappa shape index (κ1) is 12.9. The zero-order valence-electron chi connectivity index (χ0n) is 11.4. The molecule has 3 heteroatoms. The lowest BCUT2D eigenvalue weighted by atomic mass is 10.0. The number of hydrogen-bond donors (Lipinski definition) is 1. The fraction of sp³-hybridized carbons (Fsp3) is 0.176. The molecule has 0 saturated carbocycles. The van der Waals surface area contributed by atoms with Gasteiger partial charge < -0.3 is 10.3 Å². The van der Waals surface area contributed by atoms with Crippen molar-refractivity contribution >= 4 is 10.9 Å². The highest BCUT2D eigenvalue weighted by Gasteiger charge is 2.05. The van der Waals surface area contributed by atoms with Crippen LogP contribution >= 0.6 is 0 Å². The van der Waals surface area contributed by atoms with Gasteiger partial charge in [-0.25, -0.2) is 4.39 Å². The number of aromatic nitrogens is 1. The lowest BCUT2D eigenvalue weighted by Gasteiger charge is -2.10. The predicted molar refractivity (Wildman–Crippen MR) is 80.1 cm³/mol. The van der Waals surface area contributed by atoms with Crippen molar-refractivity contribution in [3.05, 3.63) is 71.2 Å². The molecule has 0 aliphatic rings. The molecule has 2 N–H and O–H groups in total. The van der Waals surface area contributed by atoms with Crippen molar-refractivity contribution in [3.63, 3.8) is 0 Å². The molecule has 1 heterocycles. The van der Waals surface area contributed by atoms with Crippen LogP contribution in [-0.2, 0) is 13.1 Å². The fourth-order valence-corrected chi connectivity index (χ4v) is 2.54. The topological polar surface area (TPSA) is 30.9 Å². The summed E-state index contributed by atoms with van der Waals surface area (Å²) in [5, 5.41) is 1.06. The van der Waals surface area contributed by atoms with E-state index < -0.39 is 0 Å². The van der Waals surface area contributed by atoms with E-state index in [0.29, 0.717) is 6.54 Å². The van der Waals surface area contributed by atoms with E-state index in [0.717, 1.165) is 23.0 Å². The van der Waals surface area contributed by atoms with Crippen LogP contribution in [0.3, 0.4) is 0 Å². The molecule has 102 valence electrons. The second-order valence-corrected chi connectivity index (χ2v) is 5.11. The van der Waals surface area contributed by atoms with Crippen LogP contribution in [0.2, 0.25) is 0 Å². The van der Waals surface area contributed by atoms with Gasteiger partial charge in [-0.15, -0.1) is 0 Å². The van der Waals surface area contributed by atoms with Crippen molar-refractivity contribution in [1.29, 1.82) is 0 Å². The minimum Gasteiger partial charge on any atom is -0.343 e. The summed E-state index contributed by atoms with van der Waals surface area (Å²) in [4.78, 5) is 0. The van der Waals surface area contributed by atoms with E-state index in [1.54, 1.807) is 6.07 Å². The zero-order chi connectivity index (χ0) is 14.1. The third kappa shape index (κ3) is 2.32. The standard InChI is InChI=1S/C17H17FN2/c1-12-8-13(10-19)2-3-15(12)11-20-7-6-14-4-5-16(18)9-17(14)20/h2-9H,10-11,19H2,1H3. The van der Waals surface area contributed by atoms with Gasteiger partial charge in [0.2, 0.25) is 0 Å². The highest BCUT2D eigenvalue weighted by Crippen LogP contribution is 2.20. The molecule has 0 aliphatic heterocycles. The molecule has 3 rings (SSSR count). The van der Waals surface area contributed by atoms with Gasteiger partial charge >= 0.3 is 0 Å². The fourth-order valence-electron chi connectivity index (χ4n) is 2.54. The smallest absolute Gasteiger partial charge is 0.125 e. The molecule has 0 aliphatic carbocycles. The van der Waals surface area contributed by atoms with Crippen molar-refractivity contribution in [3.8, 4) is 0 Å². The van der Waals surface area contributed by atoms with E-state index in [4.69, 9.17) is 5.73 Å². The van der Waals surface area contributed by atoms with Gasteiger partial charge in [-0.05, 0) is 53.3 Å². The molecule has 0 amide bonds. The van der Waals surface area contributed by atoms with Gasteiger partial charge in [0.25, 0.3) is 0 Å². The second kappa shape index (κ2) is 5.10. The summed E-state index contributed by atoms with van der Waals surface area (Å²) in [6.07, 6.45) is 2.00. The first-order chi connectivity index (χ1) is 9.67. The quantitative estimate of drug-likeness (QED) is 0.773. The maximum atomic E-state index is 13.4. The molecular formula is C17H17FN2. The third-order valence-electron chi connectivity index (χ3n) is 3.72. The van der Waals surface area contributed by atoms with Crippen LogP contribution in [0.5, 0.6) is 0 Å². The number of rotatable bonds is 3. The zero-order valence-corrected chi connectivity index (χ0v) is 11.4. The lowest BCUT2D eigenvalue weighted by Crippen LogP contribution is -2.02. The average Bonchev–Trinajstić information content (AvgIpc) is 2.83. The van der Waals surface area contributed by atoms with Gasteiger partial charge in [0.15, 0.2) is 0 Å². The van der Waals surface area contributed by atoms with Gasteiger partial charge in [-0.3, -0.25) is 0 Å². The highest BCUT2D eigenvalue weighted by molar-refractivity contribution is 5.80. The maximum absolute atomic E-state index is 13.4. The Hall–Kier alpha value is -2.13. The number of aryl methyl sites for hydroxylation is 1. The van der Waals surface area contributed by atoms with Crippen LogP contribution in [-0.4, -0.2) is 4.57 Å². The normalized spacial score (nSPS) is 11.2. The molecule has 0 bridgehead atoms. The molecule has 0 spiro atoms. The Balaban J connectivity index is 1.99. The molecular weight excluding hydrogens is 251 g/mol. The predicted octanol–water partition coefficient (Wildman–Crippen LogP) is 3.60. The lowest BCUT2D eigenvalue weighted by molar-refractivity contribution is 0.628. The summed E-state index contributed by atoms with van der Waals surface area (Å²) < 4.78 is 15.5. The van der Waals surface area contributed by atoms with Crippen LogP contribution in [0, 0.1) is 12.7 Å². The van der Waals surface area contributed by atoms with Crippen molar-refractivity contribution in [2.24, 2.45) is 5.73 Å². The Morgan fingerprint density at radius 1 is 1.10 bits per heavy atom. The largest absolute Gasteiger partial charge is 0.343 e. The Morgan fingerprint density at radius 2 is 1.95 bits per heavy atom. The Kier molecular flexibility index (Phi) is 3.28. The van der Waals surface area contributed by atoms with Crippen LogP contribution < -0.4 is 5.73 Å². The van der Waals surface area contributed by atoms with Crippen molar-refractivity contribution < 1.29 is 4.39 Å². The maximum Gasteiger partial charge on any atom is 0.125 e. The molecule has 20 heavy (non-hydrogen) atoms. The minimum atomic E-state index is -0.201. The summed E-state index contributed by atoms with van der Waals surface area (Å²) in [6.45, 7) is 3.38. The number of benzene rings is 2. The molecule has 2 nitrogen and oxygen atoms in total. The summed E-state index contributed by atoms with van der Waals surface area (Å²) in [6, 6.07) is 13.2. The van der Waals surface area contributed by atoms with Gasteiger partial charge in [0.1, 0.15) is 5.82 Å². The number of halogens is 1. The molecule has 0 radical (unpaired) electrons. The summed E-state index contributed by atoms with van der Waals surface area (Å²) in [7, 11) is 0. The minimum absolute atomic E-state index is 0.201. The van der Waals surface area contributed by atoms with E-state index in [1.165, 1.54) is 17.2 Å². The molecule has 3 aromatic rings. The molecule has 2 aromatic carbocycles. The van der Waals surface area contributed by atoms with Gasteiger partial charge in [0, 0.05) is 19.3 Å². The van der Waals surface area contributed by atoms with Gasteiger partial charge in [0.05, 0.1) is 5.52 Å². The Bertz CT molecular complexity index is 759. The van der Waals surface area contributed by atoms with Gasteiger partial charge in [-0.1, -0.05) is 18.2 Å². The summed E-state index contributed by atoms with van der Waals surface area (Å²) >= 11 is 0. The van der Waals surface area contributed by atoms with Gasteiger partial charge in [-0.2, -0.15) is 0 Å². The first-order valence-electron chi connectivity index (χ1n) is 6.70. The average molecular weight is 268 g/mol. The molecule has 0 unspecified atom stereocenters. The van der Waals surface area contributed by atoms with Crippen LogP contribution in [0.25, 0.3) is 10.9 Å². The third-order valence-corrected chi connectivity index (χ3v) is 3.72. The van der Waals surface area contributed by atoms with E-state index in [9.17, 15) is 4.39 Å². The van der Waals surface area contributed by atoms with Crippen LogP contribution in [0.1, 0.15) is 16.7 Å². The van der Waals surface area contributed by atoms with E-state index in [2.05, 4.69) is 29.7 Å². The van der Waals surface area contributed by atoms with E-state index in [1.807, 2.05) is 18.3 Å². The monoisotopic (exact) mass is 268 g/mol. The summed E-state index contributed by atoms with van der Waals surface area (Å²) in [5.41, 5.74) is 10.1. The summed E-state index contributed by atoms with van der Waals surface area (Å²) in [5.74, 6) is -0.201. The molecule has 1 aromatic heterocycles. The number of fused-ring (bicyclic) bond motifs is 1. The molecule has 0 fully saturated rings. The Labute approximate surface area is 117 Å². The van der Waals surface area contributed by atoms with Crippen molar-refractivity contribution in [2.75, 3.05) is 0 Å². The molecule has 0 atom stereocenters. The number of hydrogen-bond acceptors (Lipinski definition) is 1. The first-order valence-corrected chi connectivity index (χ1v) is 6.70. The van der Waals surface area contributed by atoms with E-state index >= 15 is 0 Å². The highest BCUT2D eigenvalue weighted by atomic mass is 19.1. The second-order valence-electron chi connectivity index (χ2n) is 5.11.